The van der Waals surface area contributed by atoms with Crippen LogP contribution in [-0.4, -0.2) is 35.7 Å². The molecule has 2 atom stereocenters. The van der Waals surface area contributed by atoms with E-state index in [0.29, 0.717) is 12.0 Å². The van der Waals surface area contributed by atoms with Gasteiger partial charge in [-0.15, -0.1) is 0 Å². The molecule has 3 nitrogen and oxygen atoms in total. The third kappa shape index (κ3) is 2.67. The third-order valence-corrected chi connectivity index (χ3v) is 4.06. The summed E-state index contributed by atoms with van der Waals surface area (Å²) in [6.45, 7) is 8.36. The highest BCUT2D eigenvalue weighted by Gasteiger charge is 2.32. The fourth-order valence-electron chi connectivity index (χ4n) is 1.82. The highest BCUT2D eigenvalue weighted by Crippen LogP contribution is 2.25. The Balaban J connectivity index is 1.93. The summed E-state index contributed by atoms with van der Waals surface area (Å²) in [5.74, 6) is 1.76. The molecule has 0 aromatic rings. The molecular weight excluding hydrogens is 208 g/mol. The van der Waals surface area contributed by atoms with Gasteiger partial charge in [0, 0.05) is 12.4 Å². The quantitative estimate of drug-likeness (QED) is 0.783. The number of aliphatic imine (C=N–C) groups is 1. The molecular formula is C11H20N2OS. The number of nitrogens with zero attached hydrogens (tertiary/aromatic N) is 1. The largest absolute Gasteiger partial charge is 0.379 e. The Bertz CT molecular complexity index is 259. The first-order valence-corrected chi connectivity index (χ1v) is 6.64. The Kier molecular flexibility index (Phi) is 3.26. The van der Waals surface area contributed by atoms with E-state index in [1.165, 1.54) is 0 Å². The SMILES string of the molecule is CC(C)[C@H]1CSC(NC2(C)CCOC2)=N1. The Hall–Kier alpha value is -0.220. The summed E-state index contributed by atoms with van der Waals surface area (Å²) < 4.78 is 5.42. The summed E-state index contributed by atoms with van der Waals surface area (Å²) >= 11 is 1.85. The molecule has 1 unspecified atom stereocenters. The molecule has 0 aromatic carbocycles. The normalized spacial score (nSPS) is 36.0. The van der Waals surface area contributed by atoms with Crippen LogP contribution in [0.2, 0.25) is 0 Å². The summed E-state index contributed by atoms with van der Waals surface area (Å²) in [4.78, 5) is 4.71. The lowest BCUT2D eigenvalue weighted by Gasteiger charge is -2.24. The van der Waals surface area contributed by atoms with Crippen LogP contribution in [0.25, 0.3) is 0 Å². The van der Waals surface area contributed by atoms with Crippen LogP contribution in [0.1, 0.15) is 27.2 Å². The van der Waals surface area contributed by atoms with Gasteiger partial charge in [-0.25, -0.2) is 0 Å². The van der Waals surface area contributed by atoms with E-state index in [4.69, 9.17) is 9.73 Å². The number of hydrogen-bond acceptors (Lipinski definition) is 4. The Morgan fingerprint density at radius 1 is 1.60 bits per heavy atom. The van der Waals surface area contributed by atoms with Gasteiger partial charge in [0.1, 0.15) is 0 Å². The fourth-order valence-corrected chi connectivity index (χ4v) is 3.14. The van der Waals surface area contributed by atoms with Crippen molar-refractivity contribution in [3.05, 3.63) is 0 Å². The number of amidine groups is 1. The molecule has 1 N–H and O–H groups in total. The molecule has 0 amide bonds. The lowest BCUT2D eigenvalue weighted by atomic mass is 10.0. The van der Waals surface area contributed by atoms with E-state index in [1.807, 2.05) is 11.8 Å². The fraction of sp³-hybridized carbons (Fsp3) is 0.909. The van der Waals surface area contributed by atoms with Gasteiger partial charge in [0.25, 0.3) is 0 Å². The smallest absolute Gasteiger partial charge is 0.157 e. The van der Waals surface area contributed by atoms with E-state index in [1.54, 1.807) is 0 Å². The van der Waals surface area contributed by atoms with Crippen LogP contribution in [-0.2, 0) is 4.74 Å². The van der Waals surface area contributed by atoms with E-state index in [2.05, 4.69) is 26.1 Å². The Morgan fingerprint density at radius 2 is 2.40 bits per heavy atom. The highest BCUT2D eigenvalue weighted by atomic mass is 32.2. The van der Waals surface area contributed by atoms with Crippen molar-refractivity contribution in [2.75, 3.05) is 19.0 Å². The number of nitrogens with one attached hydrogen (secondary N) is 1. The summed E-state index contributed by atoms with van der Waals surface area (Å²) in [5.41, 5.74) is 0.109. The minimum Gasteiger partial charge on any atom is -0.379 e. The second-order valence-corrected chi connectivity index (χ2v) is 6.05. The average molecular weight is 228 g/mol. The maximum atomic E-state index is 5.42. The van der Waals surface area contributed by atoms with Crippen molar-refractivity contribution < 1.29 is 4.74 Å². The lowest BCUT2D eigenvalue weighted by molar-refractivity contribution is 0.177. The maximum Gasteiger partial charge on any atom is 0.157 e. The van der Waals surface area contributed by atoms with Crippen LogP contribution < -0.4 is 5.32 Å². The van der Waals surface area contributed by atoms with Gasteiger partial charge in [-0.3, -0.25) is 4.99 Å². The monoisotopic (exact) mass is 228 g/mol. The number of thioether (sulfide) groups is 1. The van der Waals surface area contributed by atoms with Crippen LogP contribution in [0.3, 0.4) is 0 Å². The molecule has 2 aliphatic heterocycles. The van der Waals surface area contributed by atoms with Crippen molar-refractivity contribution in [3.63, 3.8) is 0 Å². The lowest BCUT2D eigenvalue weighted by Crippen LogP contribution is -2.45. The highest BCUT2D eigenvalue weighted by molar-refractivity contribution is 8.14. The van der Waals surface area contributed by atoms with Crippen molar-refractivity contribution in [3.8, 4) is 0 Å². The number of hydrogen-bond donors (Lipinski definition) is 1. The molecule has 2 aliphatic rings. The molecule has 2 heterocycles. The van der Waals surface area contributed by atoms with Gasteiger partial charge in [0.15, 0.2) is 5.17 Å². The van der Waals surface area contributed by atoms with Crippen molar-refractivity contribution in [1.82, 2.24) is 5.32 Å². The van der Waals surface area contributed by atoms with Crippen molar-refractivity contribution in [1.29, 1.82) is 0 Å². The van der Waals surface area contributed by atoms with Gasteiger partial charge in [-0.05, 0) is 19.3 Å². The van der Waals surface area contributed by atoms with Crippen molar-refractivity contribution >= 4 is 16.9 Å². The standard InChI is InChI=1S/C11H20N2OS/c1-8(2)9-6-15-10(12-9)13-11(3)4-5-14-7-11/h8-9H,4-7H2,1-3H3,(H,12,13)/t9-,11?/m1/s1. The zero-order valence-electron chi connectivity index (χ0n) is 9.75. The van der Waals surface area contributed by atoms with E-state index in [-0.39, 0.29) is 5.54 Å². The van der Waals surface area contributed by atoms with Crippen LogP contribution in [0.4, 0.5) is 0 Å². The molecule has 15 heavy (non-hydrogen) atoms. The minimum absolute atomic E-state index is 0.109. The molecule has 0 saturated carbocycles. The van der Waals surface area contributed by atoms with E-state index in [0.717, 1.165) is 30.6 Å². The molecule has 0 aromatic heterocycles. The van der Waals surface area contributed by atoms with E-state index >= 15 is 0 Å². The van der Waals surface area contributed by atoms with E-state index in [9.17, 15) is 0 Å². The van der Waals surface area contributed by atoms with Gasteiger partial charge in [0.05, 0.1) is 18.2 Å². The summed E-state index contributed by atoms with van der Waals surface area (Å²) in [5, 5.41) is 4.64. The zero-order chi connectivity index (χ0) is 10.9. The Labute approximate surface area is 96.1 Å². The first-order valence-electron chi connectivity index (χ1n) is 5.66. The zero-order valence-corrected chi connectivity index (χ0v) is 10.6. The number of rotatable bonds is 2. The first kappa shape index (κ1) is 11.3. The van der Waals surface area contributed by atoms with E-state index < -0.39 is 0 Å². The predicted molar refractivity (Wildman–Crippen MR) is 65.5 cm³/mol. The molecule has 0 spiro atoms. The van der Waals surface area contributed by atoms with Gasteiger partial charge in [-0.1, -0.05) is 25.6 Å². The molecule has 0 aliphatic carbocycles. The average Bonchev–Trinajstić information content (AvgIpc) is 2.75. The minimum atomic E-state index is 0.109. The topological polar surface area (TPSA) is 33.6 Å². The van der Waals surface area contributed by atoms with Crippen molar-refractivity contribution in [2.45, 2.75) is 38.8 Å². The summed E-state index contributed by atoms with van der Waals surface area (Å²) in [7, 11) is 0. The second kappa shape index (κ2) is 4.34. The Morgan fingerprint density at radius 3 is 2.93 bits per heavy atom. The summed E-state index contributed by atoms with van der Waals surface area (Å²) in [6, 6.07) is 0.489. The van der Waals surface area contributed by atoms with Gasteiger partial charge in [0.2, 0.25) is 0 Å². The molecule has 86 valence electrons. The van der Waals surface area contributed by atoms with Crippen LogP contribution in [0, 0.1) is 5.92 Å². The van der Waals surface area contributed by atoms with Gasteiger partial charge in [-0.2, -0.15) is 0 Å². The third-order valence-electron chi connectivity index (χ3n) is 3.07. The second-order valence-electron chi connectivity index (χ2n) is 5.04. The van der Waals surface area contributed by atoms with Gasteiger partial charge >= 0.3 is 0 Å². The molecule has 4 heteroatoms. The molecule has 2 rings (SSSR count). The predicted octanol–water partition coefficient (Wildman–Crippen LogP) is 1.88. The van der Waals surface area contributed by atoms with Gasteiger partial charge < -0.3 is 10.1 Å². The van der Waals surface area contributed by atoms with Crippen LogP contribution in [0.15, 0.2) is 4.99 Å². The first-order chi connectivity index (χ1) is 7.09. The van der Waals surface area contributed by atoms with Crippen LogP contribution in [0.5, 0.6) is 0 Å². The molecule has 1 fully saturated rings. The molecule has 1 saturated heterocycles. The molecule has 0 bridgehead atoms. The van der Waals surface area contributed by atoms with Crippen molar-refractivity contribution in [2.24, 2.45) is 10.9 Å². The molecule has 0 radical (unpaired) electrons. The summed E-state index contributed by atoms with van der Waals surface area (Å²) in [6.07, 6.45) is 1.08. The maximum absolute atomic E-state index is 5.42. The number of ether oxygens (including phenoxy) is 1. The van der Waals surface area contributed by atoms with Crippen LogP contribution >= 0.6 is 11.8 Å².